The number of carbonyl (C=O) groups is 4. The maximum Gasteiger partial charge on any atom is 0.251 e. The minimum absolute atomic E-state index is 0.00449. The van der Waals surface area contributed by atoms with Crippen LogP contribution < -0.4 is 30.7 Å². The minimum atomic E-state index is -0.381. The molecule has 108 heavy (non-hydrogen) atoms. The van der Waals surface area contributed by atoms with Gasteiger partial charge >= 0.3 is 0 Å². The second kappa shape index (κ2) is 38.2. The lowest BCUT2D eigenvalue weighted by Gasteiger charge is -2.09. The van der Waals surface area contributed by atoms with E-state index in [0.29, 0.717) is 53.9 Å². The third-order valence-electron chi connectivity index (χ3n) is 14.8. The van der Waals surface area contributed by atoms with Crippen molar-refractivity contribution in [3.05, 3.63) is 239 Å². The average molecular weight is 1480 g/mol. The number of pyridine rings is 1. The third kappa shape index (κ3) is 25.4. The predicted molar refractivity (Wildman–Crippen MR) is 386 cm³/mol. The third-order valence-corrected chi connectivity index (χ3v) is 14.8. The molecule has 11 rings (SSSR count). The van der Waals surface area contributed by atoms with E-state index in [1.807, 2.05) is 0 Å². The van der Waals surface area contributed by atoms with Crippen molar-refractivity contribution in [1.29, 1.82) is 0 Å². The Morgan fingerprint density at radius 2 is 0.583 bits per heavy atom. The fraction of sp³-hybridized carbons (Fsp3) is 0.104. The van der Waals surface area contributed by atoms with Gasteiger partial charge in [0, 0.05) is 61.2 Å². The van der Waals surface area contributed by atoms with Crippen LogP contribution in [0.1, 0.15) is 43.7 Å². The van der Waals surface area contributed by atoms with E-state index in [1.165, 1.54) is 152 Å². The van der Waals surface area contributed by atoms with Crippen molar-refractivity contribution in [3.63, 3.8) is 0 Å². The van der Waals surface area contributed by atoms with Gasteiger partial charge in [-0.15, -0.1) is 0 Å². The maximum atomic E-state index is 11.8. The molecule has 1 aromatic heterocycles. The summed E-state index contributed by atoms with van der Waals surface area (Å²) in [5.41, 5.74) is 4.46. The number of amides is 4. The summed E-state index contributed by atoms with van der Waals surface area (Å²) in [6, 6.07) is 46.4. The van der Waals surface area contributed by atoms with Gasteiger partial charge in [0.15, 0.2) is 115 Å². The van der Waals surface area contributed by atoms with Crippen LogP contribution in [0.4, 0.5) is 5.69 Å². The molecule has 0 fully saturated rings. The van der Waals surface area contributed by atoms with E-state index in [4.69, 9.17) is 19.7 Å². The molecule has 24 N–H and O–H groups in total. The van der Waals surface area contributed by atoms with Crippen LogP contribution in [0.15, 0.2) is 200 Å². The molecule has 0 aliphatic carbocycles. The van der Waals surface area contributed by atoms with Crippen molar-refractivity contribution < 1.29 is 131 Å². The van der Waals surface area contributed by atoms with Crippen molar-refractivity contribution in [2.45, 2.75) is 38.6 Å². The second-order valence-corrected chi connectivity index (χ2v) is 23.1. The summed E-state index contributed by atoms with van der Waals surface area (Å²) in [6.07, 6.45) is 1.13. The van der Waals surface area contributed by atoms with E-state index in [1.54, 1.807) is 48.5 Å². The first kappa shape index (κ1) is 80.1. The fourth-order valence-corrected chi connectivity index (χ4v) is 9.17. The van der Waals surface area contributed by atoms with Gasteiger partial charge in [0.1, 0.15) is 11.5 Å². The Morgan fingerprint density at radius 1 is 0.278 bits per heavy atom. The lowest BCUT2D eigenvalue weighted by Crippen LogP contribution is -2.27. The Kier molecular flexibility index (Phi) is 28.3. The summed E-state index contributed by atoms with van der Waals surface area (Å²) in [6.45, 7) is 0.911. The van der Waals surface area contributed by atoms with E-state index in [9.17, 15) is 111 Å². The van der Waals surface area contributed by atoms with Crippen molar-refractivity contribution in [2.24, 2.45) is 0 Å². The number of ether oxygens (including phenoxy) is 2. The molecule has 0 spiro atoms. The molecule has 10 aromatic carbocycles. The average Bonchev–Trinajstić information content (AvgIpc) is 0.858. The first-order chi connectivity index (χ1) is 51.3. The number of rotatable bonds is 20. The fourth-order valence-electron chi connectivity index (χ4n) is 9.17. The molecule has 0 saturated heterocycles. The number of aromatic hydroxyl groups is 20. The van der Waals surface area contributed by atoms with E-state index in [-0.39, 0.29) is 193 Å². The van der Waals surface area contributed by atoms with Crippen LogP contribution >= 0.6 is 0 Å². The van der Waals surface area contributed by atoms with Gasteiger partial charge in [-0.05, 0) is 174 Å². The van der Waals surface area contributed by atoms with Crippen LogP contribution in [-0.2, 0) is 53.0 Å². The summed E-state index contributed by atoms with van der Waals surface area (Å²) in [7, 11) is 0. The predicted octanol–water partition coefficient (Wildman–Crippen LogP) is 9.44. The molecule has 31 heteroatoms. The Labute approximate surface area is 613 Å². The molecule has 0 saturated carbocycles. The number of benzene rings is 10. The van der Waals surface area contributed by atoms with E-state index in [0.717, 1.165) is 11.1 Å². The van der Waals surface area contributed by atoms with E-state index >= 15 is 0 Å². The largest absolute Gasteiger partial charge is 0.504 e. The zero-order valence-electron chi connectivity index (χ0n) is 56.6. The molecule has 1 heterocycles. The molecule has 0 bridgehead atoms. The van der Waals surface area contributed by atoms with Crippen LogP contribution in [0.2, 0.25) is 0 Å². The van der Waals surface area contributed by atoms with Gasteiger partial charge in [0.05, 0.1) is 19.3 Å². The molecule has 0 atom stereocenters. The van der Waals surface area contributed by atoms with Gasteiger partial charge in [-0.1, -0.05) is 42.5 Å². The lowest BCUT2D eigenvalue weighted by molar-refractivity contribution is -0.121. The topological polar surface area (TPSA) is 552 Å². The van der Waals surface area contributed by atoms with Crippen LogP contribution in [0.3, 0.4) is 0 Å². The van der Waals surface area contributed by atoms with Crippen LogP contribution in [0.25, 0.3) is 0 Å². The Hall–Kier alpha value is -15.2. The highest BCUT2D eigenvalue weighted by Gasteiger charge is 2.15. The minimum Gasteiger partial charge on any atom is -0.504 e. The highest BCUT2D eigenvalue weighted by Crippen LogP contribution is 2.36. The quantitative estimate of drug-likeness (QED) is 0.0249. The van der Waals surface area contributed by atoms with E-state index < -0.39 is 0 Å². The van der Waals surface area contributed by atoms with Crippen LogP contribution in [0, 0.1) is 0 Å². The van der Waals surface area contributed by atoms with E-state index in [2.05, 4.69) is 26.3 Å². The van der Waals surface area contributed by atoms with Crippen molar-refractivity contribution in [2.75, 3.05) is 18.4 Å². The summed E-state index contributed by atoms with van der Waals surface area (Å²) in [5, 5.41) is 196. The maximum absolute atomic E-state index is 11.8. The number of hydrogen-bond acceptors (Lipinski definition) is 27. The number of anilines is 1. The molecular formula is C77H73N5O26. The molecule has 0 aliphatic heterocycles. The number of phenolic OH excluding ortho intramolecular Hbond substituents is 20. The first-order valence-electron chi connectivity index (χ1n) is 31.9. The molecule has 4 amide bonds. The van der Waals surface area contributed by atoms with Crippen molar-refractivity contribution in [1.82, 2.24) is 20.9 Å². The Morgan fingerprint density at radius 3 is 0.972 bits per heavy atom. The molecular weight excluding hydrogens is 1410 g/mol. The van der Waals surface area contributed by atoms with Gasteiger partial charge in [-0.3, -0.25) is 19.2 Å². The number of hydrogen-bond donors (Lipinski definition) is 24. The first-order valence-corrected chi connectivity index (χ1v) is 31.9. The summed E-state index contributed by atoms with van der Waals surface area (Å²) < 4.78 is 11.0. The standard InChI is InChI=1S/C17H13NO6.C16H17NO5.2C15H15NO5.C14H13NO5/c19-12-6-4-10(8-14(12)21)23-16-2-1-3-17(18-16)24-11-5-7-13(20)15(22)9-11;18-12-3-1-10(7-14(12)20)5-6-17-16(22)9-11-2-4-13(19)15(21)8-11;17-11-3-1-9(5-13(11)19)7-15(21)16-8-10-2-4-12(18)14(20)6-10;17-11-3-1-9(7-13(11)19)5-6-16-15(21)10-2-4-12(18)14(20)8-10;16-10-3-1-8(5-12(10)18)6-14(20)15-9-2-4-11(17)13(19)7-9/h1-9,19-22H;1-4,7-8,18-21H,5-6,9H2,(H,17,22);1-6,17-20H,7-8H2,(H,16,21);1-4,7-8,17-20H,5-6H2,(H,16,21);1-5,7,16-19H,6H2,(H,15,20). The van der Waals surface area contributed by atoms with Gasteiger partial charge < -0.3 is 133 Å². The molecule has 0 radical (unpaired) electrons. The normalized spacial score (nSPS) is 10.3. The molecule has 0 aliphatic rings. The smallest absolute Gasteiger partial charge is 0.251 e. The number of phenols is 20. The zero-order chi connectivity index (χ0) is 78.7. The highest BCUT2D eigenvalue weighted by molar-refractivity contribution is 5.95. The summed E-state index contributed by atoms with van der Waals surface area (Å²) in [5.74, 6) is -5.36. The lowest BCUT2D eigenvalue weighted by atomic mass is 10.1. The Bertz CT molecular complexity index is 4860. The molecule has 0 unspecified atom stereocenters. The SMILES string of the molecule is O=C(Cc1ccc(O)c(O)c1)NCCc1ccc(O)c(O)c1.O=C(Cc1ccc(O)c(O)c1)NCc1ccc(O)c(O)c1.O=C(Cc1ccc(O)c(O)c1)Nc1ccc(O)c(O)c1.O=C(NCCc1ccc(O)c(O)c1)c1ccc(O)c(O)c1.Oc1ccc(Oc2cccc(Oc3ccc(O)c(O)c3)n2)cc1O. The van der Waals surface area contributed by atoms with Crippen molar-refractivity contribution >= 4 is 29.3 Å². The number of nitrogens with one attached hydrogen (secondary N) is 4. The summed E-state index contributed by atoms with van der Waals surface area (Å²) in [4.78, 5) is 51.3. The summed E-state index contributed by atoms with van der Waals surface area (Å²) >= 11 is 0. The molecule has 562 valence electrons. The second-order valence-electron chi connectivity index (χ2n) is 23.1. The van der Waals surface area contributed by atoms with Gasteiger partial charge in [-0.25, -0.2) is 0 Å². The van der Waals surface area contributed by atoms with Crippen LogP contribution in [-0.4, -0.2) is 144 Å². The van der Waals surface area contributed by atoms with Crippen molar-refractivity contribution in [3.8, 4) is 138 Å². The number of nitrogens with zero attached hydrogens (tertiary/aromatic N) is 1. The Balaban J connectivity index is 0.000000188. The van der Waals surface area contributed by atoms with Gasteiger partial charge in [0.2, 0.25) is 29.5 Å². The van der Waals surface area contributed by atoms with Gasteiger partial charge in [-0.2, -0.15) is 4.98 Å². The van der Waals surface area contributed by atoms with Crippen LogP contribution in [0.5, 0.6) is 138 Å². The number of aromatic nitrogens is 1. The van der Waals surface area contributed by atoms with Gasteiger partial charge in [0.25, 0.3) is 5.91 Å². The number of carbonyl (C=O) groups excluding carboxylic acids is 4. The highest BCUT2D eigenvalue weighted by atomic mass is 16.5. The molecule has 11 aromatic rings. The monoisotopic (exact) mass is 1480 g/mol. The zero-order valence-corrected chi connectivity index (χ0v) is 56.6. The molecule has 31 nitrogen and oxygen atoms in total.